The van der Waals surface area contributed by atoms with E-state index in [0.717, 1.165) is 11.4 Å². The molecule has 2 heteroatoms. The Hall–Kier alpha value is -2.74. The average molecular weight is 373 g/mol. The third-order valence-corrected chi connectivity index (χ3v) is 6.09. The molecule has 0 bridgehead atoms. The lowest BCUT2D eigenvalue weighted by molar-refractivity contribution is 0.628. The van der Waals surface area contributed by atoms with Gasteiger partial charge in [0.05, 0.1) is 0 Å². The Morgan fingerprint density at radius 2 is 0.857 bits per heavy atom. The monoisotopic (exact) mass is 372 g/mol. The summed E-state index contributed by atoms with van der Waals surface area (Å²) in [5, 5.41) is 0. The molecule has 3 aromatic carbocycles. The first-order chi connectivity index (χ1) is 13.0. The van der Waals surface area contributed by atoms with Crippen LogP contribution in [0.5, 0.6) is 0 Å². The molecule has 0 atom stereocenters. The second kappa shape index (κ2) is 7.01. The third kappa shape index (κ3) is 3.52. The van der Waals surface area contributed by atoms with Crippen LogP contribution >= 0.6 is 0 Å². The fourth-order valence-electron chi connectivity index (χ4n) is 4.04. The van der Waals surface area contributed by atoms with Crippen LogP contribution in [0.15, 0.2) is 60.7 Å². The molecule has 0 saturated carbocycles. The molecule has 0 aromatic heterocycles. The van der Waals surface area contributed by atoms with Gasteiger partial charge in [0.2, 0.25) is 0 Å². The molecular formula is C26H32N2. The molecule has 0 aliphatic heterocycles. The number of benzene rings is 3. The van der Waals surface area contributed by atoms with Gasteiger partial charge in [-0.15, -0.1) is 0 Å². The van der Waals surface area contributed by atoms with Gasteiger partial charge in [-0.3, -0.25) is 0 Å². The number of hydrogen-bond donors (Lipinski definition) is 2. The highest BCUT2D eigenvalue weighted by Crippen LogP contribution is 2.39. The van der Waals surface area contributed by atoms with Crippen molar-refractivity contribution in [2.24, 2.45) is 0 Å². The maximum atomic E-state index is 6.30. The predicted octanol–water partition coefficient (Wildman–Crippen LogP) is 6.12. The second-order valence-corrected chi connectivity index (χ2v) is 9.01. The molecule has 0 saturated heterocycles. The smallest absolute Gasteiger partial charge is 0.0355 e. The van der Waals surface area contributed by atoms with Crippen LogP contribution in [0.4, 0.5) is 11.4 Å². The Labute approximate surface area is 169 Å². The van der Waals surface area contributed by atoms with E-state index in [1.54, 1.807) is 0 Å². The van der Waals surface area contributed by atoms with Crippen LogP contribution in [0.25, 0.3) is 0 Å². The van der Waals surface area contributed by atoms with Crippen molar-refractivity contribution in [2.45, 2.75) is 52.4 Å². The Bertz CT molecular complexity index is 913. The van der Waals surface area contributed by atoms with E-state index in [9.17, 15) is 0 Å². The average Bonchev–Trinajstić information content (AvgIpc) is 2.65. The summed E-state index contributed by atoms with van der Waals surface area (Å²) in [6.45, 7) is 13.1. The van der Waals surface area contributed by atoms with Crippen molar-refractivity contribution in [3.8, 4) is 0 Å². The van der Waals surface area contributed by atoms with Gasteiger partial charge in [0, 0.05) is 22.2 Å². The number of anilines is 2. The number of nitrogen functional groups attached to an aromatic ring is 2. The lowest BCUT2D eigenvalue weighted by Gasteiger charge is -2.31. The van der Waals surface area contributed by atoms with Gasteiger partial charge in [0.1, 0.15) is 0 Å². The zero-order valence-electron chi connectivity index (χ0n) is 17.9. The molecule has 28 heavy (non-hydrogen) atoms. The fraction of sp³-hybridized carbons (Fsp3) is 0.308. The largest absolute Gasteiger partial charge is 0.398 e. The zero-order valence-corrected chi connectivity index (χ0v) is 17.9. The highest BCUT2D eigenvalue weighted by molar-refractivity contribution is 5.58. The SMILES string of the molecule is Cc1ccc(N)c(C(C)(C)c2ccc(C(C)(C)c3cc(C)ccc3N)cc2)c1. The summed E-state index contributed by atoms with van der Waals surface area (Å²) in [6.07, 6.45) is 0. The van der Waals surface area contributed by atoms with E-state index in [2.05, 4.69) is 90.1 Å². The van der Waals surface area contributed by atoms with Gasteiger partial charge in [-0.05, 0) is 48.2 Å². The number of hydrogen-bond acceptors (Lipinski definition) is 2. The highest BCUT2D eigenvalue weighted by Gasteiger charge is 2.28. The van der Waals surface area contributed by atoms with Crippen molar-refractivity contribution in [1.29, 1.82) is 0 Å². The molecule has 0 radical (unpaired) electrons. The standard InChI is InChI=1S/C26H32N2/c1-17-7-13-23(27)21(15-17)25(3,4)19-9-11-20(12-10-19)26(5,6)22-16-18(2)8-14-24(22)28/h7-16H,27-28H2,1-6H3. The number of nitrogens with two attached hydrogens (primary N) is 2. The summed E-state index contributed by atoms with van der Waals surface area (Å²) in [7, 11) is 0. The van der Waals surface area contributed by atoms with E-state index < -0.39 is 0 Å². The molecule has 0 aliphatic carbocycles. The predicted molar refractivity (Wildman–Crippen MR) is 122 cm³/mol. The summed E-state index contributed by atoms with van der Waals surface area (Å²) in [6, 6.07) is 21.4. The topological polar surface area (TPSA) is 52.0 Å². The van der Waals surface area contributed by atoms with Crippen molar-refractivity contribution in [1.82, 2.24) is 0 Å². The minimum atomic E-state index is -0.166. The molecule has 3 aromatic rings. The van der Waals surface area contributed by atoms with Crippen LogP contribution in [-0.4, -0.2) is 0 Å². The molecule has 3 rings (SSSR count). The molecule has 146 valence electrons. The van der Waals surface area contributed by atoms with Crippen LogP contribution in [0.3, 0.4) is 0 Å². The Morgan fingerprint density at radius 3 is 1.18 bits per heavy atom. The molecule has 2 nitrogen and oxygen atoms in total. The first kappa shape index (κ1) is 20.0. The fourth-order valence-corrected chi connectivity index (χ4v) is 4.04. The van der Waals surface area contributed by atoms with Crippen LogP contribution in [-0.2, 0) is 10.8 Å². The van der Waals surface area contributed by atoms with Gasteiger partial charge < -0.3 is 11.5 Å². The molecule has 4 N–H and O–H groups in total. The zero-order chi connectivity index (χ0) is 20.7. The van der Waals surface area contributed by atoms with Crippen LogP contribution < -0.4 is 11.5 Å². The van der Waals surface area contributed by atoms with Gasteiger partial charge in [-0.2, -0.15) is 0 Å². The summed E-state index contributed by atoms with van der Waals surface area (Å²) in [5.41, 5.74) is 21.3. The van der Waals surface area contributed by atoms with E-state index in [-0.39, 0.29) is 10.8 Å². The lowest BCUT2D eigenvalue weighted by atomic mass is 9.73. The molecule has 0 aliphatic rings. The molecule has 0 fully saturated rings. The van der Waals surface area contributed by atoms with Crippen LogP contribution in [0.2, 0.25) is 0 Å². The lowest BCUT2D eigenvalue weighted by Crippen LogP contribution is -2.23. The van der Waals surface area contributed by atoms with Gasteiger partial charge in [0.15, 0.2) is 0 Å². The van der Waals surface area contributed by atoms with Gasteiger partial charge in [-0.25, -0.2) is 0 Å². The molecule has 0 unspecified atom stereocenters. The minimum Gasteiger partial charge on any atom is -0.398 e. The normalized spacial score (nSPS) is 12.2. The quantitative estimate of drug-likeness (QED) is 0.542. The molecule has 0 amide bonds. The molecule has 0 heterocycles. The van der Waals surface area contributed by atoms with E-state index in [0.29, 0.717) is 0 Å². The Kier molecular flexibility index (Phi) is 5.01. The van der Waals surface area contributed by atoms with Crippen molar-refractivity contribution < 1.29 is 0 Å². The second-order valence-electron chi connectivity index (χ2n) is 9.01. The van der Waals surface area contributed by atoms with Crippen molar-refractivity contribution in [3.05, 3.63) is 94.0 Å². The van der Waals surface area contributed by atoms with E-state index in [4.69, 9.17) is 11.5 Å². The number of aryl methyl sites for hydroxylation is 2. The number of rotatable bonds is 4. The van der Waals surface area contributed by atoms with Gasteiger partial charge >= 0.3 is 0 Å². The first-order valence-electron chi connectivity index (χ1n) is 9.87. The molecular weight excluding hydrogens is 340 g/mol. The third-order valence-electron chi connectivity index (χ3n) is 6.09. The van der Waals surface area contributed by atoms with Crippen molar-refractivity contribution >= 4 is 11.4 Å². The van der Waals surface area contributed by atoms with E-state index in [1.165, 1.54) is 33.4 Å². The van der Waals surface area contributed by atoms with Gasteiger partial charge in [-0.1, -0.05) is 87.4 Å². The molecule has 0 spiro atoms. The summed E-state index contributed by atoms with van der Waals surface area (Å²) in [5.74, 6) is 0. The Balaban J connectivity index is 2.01. The van der Waals surface area contributed by atoms with Crippen LogP contribution in [0, 0.1) is 13.8 Å². The maximum absolute atomic E-state index is 6.30. The summed E-state index contributed by atoms with van der Waals surface area (Å²) >= 11 is 0. The Morgan fingerprint density at radius 1 is 0.536 bits per heavy atom. The maximum Gasteiger partial charge on any atom is 0.0355 e. The summed E-state index contributed by atoms with van der Waals surface area (Å²) in [4.78, 5) is 0. The van der Waals surface area contributed by atoms with Gasteiger partial charge in [0.25, 0.3) is 0 Å². The highest BCUT2D eigenvalue weighted by atomic mass is 14.6. The van der Waals surface area contributed by atoms with Crippen molar-refractivity contribution in [2.75, 3.05) is 11.5 Å². The van der Waals surface area contributed by atoms with E-state index >= 15 is 0 Å². The van der Waals surface area contributed by atoms with Crippen molar-refractivity contribution in [3.63, 3.8) is 0 Å². The first-order valence-corrected chi connectivity index (χ1v) is 9.87. The summed E-state index contributed by atoms with van der Waals surface area (Å²) < 4.78 is 0. The van der Waals surface area contributed by atoms with E-state index in [1.807, 2.05) is 12.1 Å². The van der Waals surface area contributed by atoms with Crippen LogP contribution in [0.1, 0.15) is 61.1 Å². The minimum absolute atomic E-state index is 0.166.